The summed E-state index contributed by atoms with van der Waals surface area (Å²) in [5, 5.41) is 3.14. The topological polar surface area (TPSA) is 80.7 Å². The molecular formula is C19H12ClN5O. The van der Waals surface area contributed by atoms with Gasteiger partial charge in [0.2, 0.25) is 0 Å². The number of hydrogen-bond acceptors (Lipinski definition) is 5. The summed E-state index contributed by atoms with van der Waals surface area (Å²) in [7, 11) is 0. The Balaban J connectivity index is 1.74. The average Bonchev–Trinajstić information content (AvgIpc) is 2.68. The molecule has 0 bridgehead atoms. The van der Waals surface area contributed by atoms with Crippen molar-refractivity contribution in [2.24, 2.45) is 0 Å². The largest absolute Gasteiger partial charge is 0.305 e. The quantitative estimate of drug-likeness (QED) is 0.596. The third kappa shape index (κ3) is 3.22. The lowest BCUT2D eigenvalue weighted by Crippen LogP contribution is -2.14. The first kappa shape index (κ1) is 16.1. The van der Waals surface area contributed by atoms with Crippen LogP contribution in [-0.2, 0) is 0 Å². The second-order valence-corrected chi connectivity index (χ2v) is 5.93. The Bertz CT molecular complexity index is 1100. The maximum absolute atomic E-state index is 12.5. The van der Waals surface area contributed by atoms with E-state index in [-0.39, 0.29) is 5.91 Å². The first-order valence-corrected chi connectivity index (χ1v) is 8.17. The lowest BCUT2D eigenvalue weighted by molar-refractivity contribution is 0.102. The van der Waals surface area contributed by atoms with Gasteiger partial charge in [0, 0.05) is 18.0 Å². The molecule has 1 aromatic carbocycles. The van der Waals surface area contributed by atoms with Crippen molar-refractivity contribution in [1.29, 1.82) is 0 Å². The van der Waals surface area contributed by atoms with Gasteiger partial charge in [0.1, 0.15) is 11.8 Å². The number of amides is 1. The maximum atomic E-state index is 12.5. The average molecular weight is 362 g/mol. The van der Waals surface area contributed by atoms with E-state index in [1.165, 1.54) is 24.8 Å². The Morgan fingerprint density at radius 2 is 1.85 bits per heavy atom. The first-order chi connectivity index (χ1) is 12.7. The number of carbonyl (C=O) groups excluding carboxylic acids is 1. The van der Waals surface area contributed by atoms with E-state index in [9.17, 15) is 4.79 Å². The fourth-order valence-electron chi connectivity index (χ4n) is 2.52. The van der Waals surface area contributed by atoms with Gasteiger partial charge in [0.15, 0.2) is 5.82 Å². The van der Waals surface area contributed by atoms with Gasteiger partial charge in [-0.2, -0.15) is 0 Å². The van der Waals surface area contributed by atoms with E-state index in [4.69, 9.17) is 11.6 Å². The zero-order valence-electron chi connectivity index (χ0n) is 13.4. The summed E-state index contributed by atoms with van der Waals surface area (Å²) in [6.07, 6.45) is 4.29. The van der Waals surface area contributed by atoms with E-state index in [0.717, 1.165) is 11.3 Å². The predicted octanol–water partition coefficient (Wildman–Crippen LogP) is 3.99. The molecule has 26 heavy (non-hydrogen) atoms. The highest BCUT2D eigenvalue weighted by Crippen LogP contribution is 2.23. The van der Waals surface area contributed by atoms with Crippen LogP contribution in [0.4, 0.5) is 5.82 Å². The highest BCUT2D eigenvalue weighted by molar-refractivity contribution is 6.30. The van der Waals surface area contributed by atoms with Gasteiger partial charge >= 0.3 is 0 Å². The van der Waals surface area contributed by atoms with E-state index >= 15 is 0 Å². The molecule has 0 radical (unpaired) electrons. The highest BCUT2D eigenvalue weighted by Gasteiger charge is 2.13. The molecule has 4 aromatic rings. The minimum absolute atomic E-state index is 0.331. The van der Waals surface area contributed by atoms with Crippen LogP contribution in [0.15, 0.2) is 67.3 Å². The molecule has 0 spiro atoms. The Morgan fingerprint density at radius 3 is 2.65 bits per heavy atom. The van der Waals surface area contributed by atoms with Crippen molar-refractivity contribution in [2.75, 3.05) is 5.32 Å². The molecule has 0 saturated heterocycles. The molecule has 0 aliphatic rings. The summed E-state index contributed by atoms with van der Waals surface area (Å²) in [5.74, 6) is -0.0373. The van der Waals surface area contributed by atoms with Gasteiger partial charge < -0.3 is 5.32 Å². The third-order valence-corrected chi connectivity index (χ3v) is 3.96. The third-order valence-electron chi connectivity index (χ3n) is 3.75. The minimum atomic E-state index is -0.369. The summed E-state index contributed by atoms with van der Waals surface area (Å²) in [5.41, 5.74) is 3.22. The zero-order chi connectivity index (χ0) is 17.9. The van der Waals surface area contributed by atoms with Crippen LogP contribution in [0.25, 0.3) is 22.3 Å². The molecule has 6 nitrogen and oxygen atoms in total. The second-order valence-electron chi connectivity index (χ2n) is 5.50. The molecule has 0 saturated carbocycles. The molecule has 126 valence electrons. The summed E-state index contributed by atoms with van der Waals surface area (Å²) >= 11 is 5.90. The van der Waals surface area contributed by atoms with E-state index in [2.05, 4.69) is 25.3 Å². The fourth-order valence-corrected chi connectivity index (χ4v) is 2.69. The van der Waals surface area contributed by atoms with Crippen molar-refractivity contribution in [3.8, 4) is 11.3 Å². The monoisotopic (exact) mass is 361 g/mol. The molecule has 4 rings (SSSR count). The second kappa shape index (κ2) is 6.85. The van der Waals surface area contributed by atoms with Gasteiger partial charge in [-0.1, -0.05) is 41.9 Å². The van der Waals surface area contributed by atoms with Gasteiger partial charge in [0.25, 0.3) is 5.91 Å². The Hall–Kier alpha value is -3.38. The van der Waals surface area contributed by atoms with Gasteiger partial charge in [-0.05, 0) is 18.2 Å². The number of anilines is 1. The van der Waals surface area contributed by atoms with Crippen LogP contribution >= 0.6 is 11.6 Å². The number of halogens is 1. The SMILES string of the molecule is O=C(Nc1ncnc2ccc(-c3ccccc3)nc12)c1cncc(Cl)c1. The van der Waals surface area contributed by atoms with Gasteiger partial charge in [-0.3, -0.25) is 9.78 Å². The van der Waals surface area contributed by atoms with Crippen LogP contribution < -0.4 is 5.32 Å². The number of rotatable bonds is 3. The van der Waals surface area contributed by atoms with Crippen LogP contribution in [0, 0.1) is 0 Å². The van der Waals surface area contributed by atoms with E-state index in [0.29, 0.717) is 27.4 Å². The number of aromatic nitrogens is 4. The molecular weight excluding hydrogens is 350 g/mol. The van der Waals surface area contributed by atoms with Gasteiger partial charge in [-0.15, -0.1) is 0 Å². The van der Waals surface area contributed by atoms with Crippen LogP contribution in [0.1, 0.15) is 10.4 Å². The molecule has 0 atom stereocenters. The number of pyridine rings is 2. The van der Waals surface area contributed by atoms with Crippen LogP contribution in [0.5, 0.6) is 0 Å². The van der Waals surface area contributed by atoms with Crippen molar-refractivity contribution in [3.63, 3.8) is 0 Å². The summed E-state index contributed by atoms with van der Waals surface area (Å²) in [6.45, 7) is 0. The van der Waals surface area contributed by atoms with Crippen molar-refractivity contribution >= 4 is 34.4 Å². The Kier molecular flexibility index (Phi) is 4.25. The standard InChI is InChI=1S/C19H12ClN5O/c20-14-8-13(9-21-10-14)19(26)25-18-17-16(22-11-23-18)7-6-15(24-17)12-4-2-1-3-5-12/h1-11H,(H,22,23,25,26). The van der Waals surface area contributed by atoms with Gasteiger partial charge in [0.05, 0.1) is 21.8 Å². The summed E-state index contributed by atoms with van der Waals surface area (Å²) < 4.78 is 0. The molecule has 0 unspecified atom stereocenters. The molecule has 7 heteroatoms. The Morgan fingerprint density at radius 1 is 1.00 bits per heavy atom. The number of benzene rings is 1. The molecule has 1 N–H and O–H groups in total. The summed E-state index contributed by atoms with van der Waals surface area (Å²) in [4.78, 5) is 29.4. The van der Waals surface area contributed by atoms with Crippen molar-refractivity contribution < 1.29 is 4.79 Å². The van der Waals surface area contributed by atoms with E-state index < -0.39 is 0 Å². The molecule has 0 aliphatic carbocycles. The number of hydrogen-bond donors (Lipinski definition) is 1. The van der Waals surface area contributed by atoms with Crippen molar-refractivity contribution in [3.05, 3.63) is 77.8 Å². The van der Waals surface area contributed by atoms with Crippen molar-refractivity contribution in [1.82, 2.24) is 19.9 Å². The first-order valence-electron chi connectivity index (χ1n) is 7.80. The molecule has 0 aliphatic heterocycles. The summed E-state index contributed by atoms with van der Waals surface area (Å²) in [6, 6.07) is 15.0. The highest BCUT2D eigenvalue weighted by atomic mass is 35.5. The van der Waals surface area contributed by atoms with E-state index in [1.807, 2.05) is 42.5 Å². The predicted molar refractivity (Wildman–Crippen MR) is 100.0 cm³/mol. The number of carbonyl (C=O) groups is 1. The smallest absolute Gasteiger partial charge is 0.258 e. The number of nitrogens with one attached hydrogen (secondary N) is 1. The lowest BCUT2D eigenvalue weighted by atomic mass is 10.1. The maximum Gasteiger partial charge on any atom is 0.258 e. The fraction of sp³-hybridized carbons (Fsp3) is 0. The van der Waals surface area contributed by atoms with Crippen LogP contribution in [0.3, 0.4) is 0 Å². The Labute approximate surface area is 153 Å². The van der Waals surface area contributed by atoms with Crippen molar-refractivity contribution in [2.45, 2.75) is 0 Å². The number of nitrogens with zero attached hydrogens (tertiary/aromatic N) is 4. The lowest BCUT2D eigenvalue weighted by Gasteiger charge is -2.08. The zero-order valence-corrected chi connectivity index (χ0v) is 14.2. The molecule has 3 heterocycles. The molecule has 0 fully saturated rings. The number of fused-ring (bicyclic) bond motifs is 1. The minimum Gasteiger partial charge on any atom is -0.305 e. The van der Waals surface area contributed by atoms with Crippen LogP contribution in [0.2, 0.25) is 5.02 Å². The molecule has 1 amide bonds. The van der Waals surface area contributed by atoms with E-state index in [1.54, 1.807) is 0 Å². The van der Waals surface area contributed by atoms with Gasteiger partial charge in [-0.25, -0.2) is 15.0 Å². The molecule has 3 aromatic heterocycles. The normalized spacial score (nSPS) is 10.7. The van der Waals surface area contributed by atoms with Crippen LogP contribution in [-0.4, -0.2) is 25.8 Å².